The van der Waals surface area contributed by atoms with Crippen LogP contribution in [0.5, 0.6) is 0 Å². The summed E-state index contributed by atoms with van der Waals surface area (Å²) in [5.41, 5.74) is 2.11. The zero-order chi connectivity index (χ0) is 21.9. The second kappa shape index (κ2) is 12.4. The Morgan fingerprint density at radius 1 is 1.13 bits per heavy atom. The molecule has 0 saturated carbocycles. The topological polar surface area (TPSA) is 99.9 Å². The van der Waals surface area contributed by atoms with Gasteiger partial charge < -0.3 is 20.1 Å². The van der Waals surface area contributed by atoms with E-state index in [1.807, 2.05) is 30.3 Å². The maximum Gasteiger partial charge on any atom is 0.305 e. The van der Waals surface area contributed by atoms with Crippen molar-refractivity contribution in [1.82, 2.24) is 4.98 Å². The Kier molecular flexibility index (Phi) is 9.94. The fourth-order valence-electron chi connectivity index (χ4n) is 3.33. The Balaban J connectivity index is 2.15. The number of aliphatic hydroxyl groups excluding tert-OH is 3. The summed E-state index contributed by atoms with van der Waals surface area (Å²) in [5, 5.41) is 32.1. The quantitative estimate of drug-likeness (QED) is 0.359. The number of nitrogens with zero attached hydrogens (tertiary/aromatic N) is 1. The van der Waals surface area contributed by atoms with E-state index in [1.54, 1.807) is 6.08 Å². The Morgan fingerprint density at radius 2 is 1.90 bits per heavy atom. The lowest BCUT2D eigenvalue weighted by Gasteiger charge is -2.16. The van der Waals surface area contributed by atoms with Gasteiger partial charge in [0.1, 0.15) is 0 Å². The molecule has 0 bridgehead atoms. The first-order chi connectivity index (χ1) is 14.5. The van der Waals surface area contributed by atoms with Crippen LogP contribution < -0.4 is 0 Å². The van der Waals surface area contributed by atoms with Crippen molar-refractivity contribution in [3.63, 3.8) is 0 Å². The fourth-order valence-corrected chi connectivity index (χ4v) is 3.33. The molecule has 0 spiro atoms. The zero-order valence-corrected chi connectivity index (χ0v) is 17.8. The zero-order valence-electron chi connectivity index (χ0n) is 17.8. The van der Waals surface area contributed by atoms with E-state index in [9.17, 15) is 20.1 Å². The van der Waals surface area contributed by atoms with Crippen molar-refractivity contribution >= 4 is 22.9 Å². The van der Waals surface area contributed by atoms with E-state index in [0.717, 1.165) is 35.7 Å². The predicted molar refractivity (Wildman–Crippen MR) is 118 cm³/mol. The van der Waals surface area contributed by atoms with Gasteiger partial charge in [-0.2, -0.15) is 0 Å². The van der Waals surface area contributed by atoms with Crippen molar-refractivity contribution in [3.8, 4) is 0 Å². The molecular weight excluding hydrogens is 382 g/mol. The molecule has 0 saturated heterocycles. The van der Waals surface area contributed by atoms with Crippen LogP contribution in [-0.4, -0.2) is 45.6 Å². The molecule has 2 aromatic rings. The summed E-state index contributed by atoms with van der Waals surface area (Å²) >= 11 is 0. The van der Waals surface area contributed by atoms with Gasteiger partial charge in [0, 0.05) is 11.8 Å². The molecule has 30 heavy (non-hydrogen) atoms. The summed E-state index contributed by atoms with van der Waals surface area (Å²) in [7, 11) is 1.32. The summed E-state index contributed by atoms with van der Waals surface area (Å²) in [6.07, 6.45) is 5.02. The van der Waals surface area contributed by atoms with E-state index in [4.69, 9.17) is 0 Å². The molecule has 1 aromatic carbocycles. The maximum absolute atomic E-state index is 11.2. The molecule has 6 nitrogen and oxygen atoms in total. The number of rotatable bonds is 12. The number of hydrogen-bond donors (Lipinski definition) is 3. The number of carbonyl (C=O) groups is 1. The molecule has 164 valence electrons. The minimum Gasteiger partial charge on any atom is -0.469 e. The highest BCUT2D eigenvalue weighted by Crippen LogP contribution is 2.26. The van der Waals surface area contributed by atoms with Crippen LogP contribution in [0.2, 0.25) is 0 Å². The van der Waals surface area contributed by atoms with Crippen LogP contribution in [0.15, 0.2) is 36.4 Å². The Bertz CT molecular complexity index is 835. The summed E-state index contributed by atoms with van der Waals surface area (Å²) < 4.78 is 4.58. The molecule has 3 atom stereocenters. The Morgan fingerprint density at radius 3 is 2.63 bits per heavy atom. The van der Waals surface area contributed by atoms with Gasteiger partial charge in [-0.3, -0.25) is 4.79 Å². The number of para-hydroxylation sites is 1. The van der Waals surface area contributed by atoms with E-state index in [0.29, 0.717) is 18.5 Å². The highest BCUT2D eigenvalue weighted by atomic mass is 16.5. The van der Waals surface area contributed by atoms with Crippen LogP contribution in [-0.2, 0) is 9.53 Å². The van der Waals surface area contributed by atoms with Gasteiger partial charge in [0.05, 0.1) is 36.6 Å². The molecule has 3 N–H and O–H groups in total. The van der Waals surface area contributed by atoms with Crippen molar-refractivity contribution in [3.05, 3.63) is 47.7 Å². The van der Waals surface area contributed by atoms with Crippen molar-refractivity contribution in [2.45, 2.75) is 70.2 Å². The van der Waals surface area contributed by atoms with Crippen LogP contribution in [0.1, 0.15) is 69.2 Å². The first kappa shape index (κ1) is 24.0. The van der Waals surface area contributed by atoms with Crippen LogP contribution >= 0.6 is 0 Å². The van der Waals surface area contributed by atoms with Gasteiger partial charge >= 0.3 is 5.97 Å². The number of ether oxygens (including phenoxy) is 1. The number of methoxy groups -OCH3 is 1. The number of aromatic nitrogens is 1. The van der Waals surface area contributed by atoms with Crippen LogP contribution in [0.3, 0.4) is 0 Å². The predicted octanol–water partition coefficient (Wildman–Crippen LogP) is 3.93. The van der Waals surface area contributed by atoms with E-state index in [2.05, 4.69) is 16.6 Å². The van der Waals surface area contributed by atoms with E-state index < -0.39 is 18.3 Å². The lowest BCUT2D eigenvalue weighted by Crippen LogP contribution is -2.23. The highest BCUT2D eigenvalue weighted by Gasteiger charge is 2.17. The largest absolute Gasteiger partial charge is 0.469 e. The summed E-state index contributed by atoms with van der Waals surface area (Å²) in [6, 6.07) is 9.63. The monoisotopic (exact) mass is 415 g/mol. The Hall–Kier alpha value is -2.28. The minimum absolute atomic E-state index is 0.201. The van der Waals surface area contributed by atoms with Gasteiger partial charge in [-0.1, -0.05) is 56.5 Å². The molecule has 1 heterocycles. The smallest absolute Gasteiger partial charge is 0.305 e. The molecule has 0 radical (unpaired) electrons. The first-order valence-corrected chi connectivity index (χ1v) is 10.6. The van der Waals surface area contributed by atoms with Gasteiger partial charge in [-0.15, -0.1) is 0 Å². The van der Waals surface area contributed by atoms with Crippen molar-refractivity contribution in [1.29, 1.82) is 0 Å². The number of hydrogen-bond acceptors (Lipinski definition) is 6. The summed E-state index contributed by atoms with van der Waals surface area (Å²) in [4.78, 5) is 15.8. The number of pyridine rings is 1. The molecule has 0 aliphatic carbocycles. The van der Waals surface area contributed by atoms with Crippen LogP contribution in [0.25, 0.3) is 17.0 Å². The number of esters is 1. The van der Waals surface area contributed by atoms with E-state index in [1.165, 1.54) is 13.2 Å². The van der Waals surface area contributed by atoms with Crippen LogP contribution in [0.4, 0.5) is 0 Å². The molecule has 2 rings (SSSR count). The van der Waals surface area contributed by atoms with E-state index >= 15 is 0 Å². The standard InChI is InChI=1S/C24H33NO5/c1-3-4-5-11-22(28)24-18(16-17-9-6-7-10-19(17)25-24)14-15-21(27)20(26)12-8-13-23(29)30-2/h6-7,9-10,14-16,20-22,26-28H,3-5,8,11-13H2,1-2H3/b15-14+/t20-,21+,22+/m0/s1. The molecule has 0 unspecified atom stereocenters. The molecule has 0 amide bonds. The second-order valence-electron chi connectivity index (χ2n) is 7.55. The number of fused-ring (bicyclic) bond motifs is 1. The molecule has 1 aromatic heterocycles. The maximum atomic E-state index is 11.2. The molecular formula is C24H33NO5. The number of benzene rings is 1. The SMILES string of the molecule is CCCCC[C@@H](O)c1nc2ccccc2cc1/C=C/[C@@H](O)[C@@H](O)CCCC(=O)OC. The highest BCUT2D eigenvalue weighted by molar-refractivity contribution is 5.81. The molecule has 0 aliphatic rings. The van der Waals surface area contributed by atoms with Gasteiger partial charge in [-0.25, -0.2) is 4.98 Å². The van der Waals surface area contributed by atoms with Crippen molar-refractivity contribution in [2.75, 3.05) is 7.11 Å². The third-order valence-electron chi connectivity index (χ3n) is 5.16. The minimum atomic E-state index is -1.08. The Labute approximate surface area is 178 Å². The van der Waals surface area contributed by atoms with Gasteiger partial charge in [0.25, 0.3) is 0 Å². The second-order valence-corrected chi connectivity index (χ2v) is 7.55. The van der Waals surface area contributed by atoms with Crippen molar-refractivity contribution in [2.24, 2.45) is 0 Å². The van der Waals surface area contributed by atoms with Crippen molar-refractivity contribution < 1.29 is 24.9 Å². The summed E-state index contributed by atoms with van der Waals surface area (Å²) in [6.45, 7) is 2.12. The summed E-state index contributed by atoms with van der Waals surface area (Å²) in [5.74, 6) is -0.337. The lowest BCUT2D eigenvalue weighted by atomic mass is 10.00. The normalized spacial score (nSPS) is 14.7. The first-order valence-electron chi connectivity index (χ1n) is 10.6. The average molecular weight is 416 g/mol. The average Bonchev–Trinajstić information content (AvgIpc) is 2.76. The molecule has 0 aliphatic heterocycles. The number of unbranched alkanes of at least 4 members (excludes halogenated alkanes) is 2. The van der Waals surface area contributed by atoms with Crippen LogP contribution in [0, 0.1) is 0 Å². The van der Waals surface area contributed by atoms with Gasteiger partial charge in [0.2, 0.25) is 0 Å². The third kappa shape index (κ3) is 7.20. The van der Waals surface area contributed by atoms with E-state index in [-0.39, 0.29) is 18.8 Å². The fraction of sp³-hybridized carbons (Fsp3) is 0.500. The van der Waals surface area contributed by atoms with Gasteiger partial charge in [0.15, 0.2) is 0 Å². The molecule has 6 heteroatoms. The number of aliphatic hydroxyl groups is 3. The molecule has 0 fully saturated rings. The lowest BCUT2D eigenvalue weighted by molar-refractivity contribution is -0.140. The third-order valence-corrected chi connectivity index (χ3v) is 5.16. The van der Waals surface area contributed by atoms with Gasteiger partial charge in [-0.05, 0) is 37.0 Å². The number of carbonyl (C=O) groups excluding carboxylic acids is 1.